The largest absolute Gasteiger partial charge is 0.332 e. The first kappa shape index (κ1) is 17.1. The van der Waals surface area contributed by atoms with Gasteiger partial charge in [-0.1, -0.05) is 32.8 Å². The number of aryl methyl sites for hydroxylation is 1. The Kier molecular flexibility index (Phi) is 4.42. The lowest BCUT2D eigenvalue weighted by Crippen LogP contribution is -2.39. The van der Waals surface area contributed by atoms with E-state index in [0.29, 0.717) is 13.1 Å². The second-order valence-corrected chi connectivity index (χ2v) is 7.80. The average Bonchev–Trinajstić information content (AvgIpc) is 3.22. The molecule has 0 aliphatic carbocycles. The van der Waals surface area contributed by atoms with Gasteiger partial charge in [-0.05, 0) is 37.8 Å². The summed E-state index contributed by atoms with van der Waals surface area (Å²) in [6.07, 6.45) is 6.11. The van der Waals surface area contributed by atoms with Crippen molar-refractivity contribution in [3.63, 3.8) is 0 Å². The van der Waals surface area contributed by atoms with Gasteiger partial charge in [-0.3, -0.25) is 9.89 Å². The smallest absolute Gasteiger partial charge is 0.229 e. The number of amides is 1. The summed E-state index contributed by atoms with van der Waals surface area (Å²) >= 11 is 0. The van der Waals surface area contributed by atoms with E-state index in [4.69, 9.17) is 4.98 Å². The molecule has 0 saturated carbocycles. The third kappa shape index (κ3) is 3.08. The molecule has 4 heterocycles. The number of nitrogens with one attached hydrogen (secondary N) is 2. The van der Waals surface area contributed by atoms with E-state index < -0.39 is 0 Å². The number of hydrogen-bond acceptors (Lipinski definition) is 4. The molecule has 6 heteroatoms. The van der Waals surface area contributed by atoms with Crippen LogP contribution in [0.4, 0.5) is 11.6 Å². The summed E-state index contributed by atoms with van der Waals surface area (Å²) in [5, 5.41) is 10.8. The molecule has 2 aromatic rings. The Morgan fingerprint density at radius 2 is 2.12 bits per heavy atom. The fraction of sp³-hybridized carbons (Fsp3) is 0.550. The second-order valence-electron chi connectivity index (χ2n) is 7.80. The van der Waals surface area contributed by atoms with Gasteiger partial charge in [0.15, 0.2) is 5.82 Å². The molecule has 1 atom stereocenters. The van der Waals surface area contributed by atoms with Crippen molar-refractivity contribution in [2.45, 2.75) is 65.5 Å². The first-order valence-corrected chi connectivity index (χ1v) is 9.67. The third-order valence-corrected chi connectivity index (χ3v) is 5.95. The maximum absolute atomic E-state index is 13.2. The lowest BCUT2D eigenvalue weighted by Gasteiger charge is -2.31. The summed E-state index contributed by atoms with van der Waals surface area (Å²) in [4.78, 5) is 19.9. The molecule has 2 aliphatic heterocycles. The number of anilines is 2. The Balaban J connectivity index is 1.66. The minimum atomic E-state index is -0.277. The highest BCUT2D eigenvalue weighted by atomic mass is 16.2. The third-order valence-electron chi connectivity index (χ3n) is 5.95. The monoisotopic (exact) mass is 353 g/mol. The molecule has 4 bridgehead atoms. The number of aromatic amines is 1. The lowest BCUT2D eigenvalue weighted by atomic mass is 9.80. The highest BCUT2D eigenvalue weighted by Crippen LogP contribution is 2.36. The van der Waals surface area contributed by atoms with E-state index in [1.165, 1.54) is 0 Å². The fourth-order valence-electron chi connectivity index (χ4n) is 4.01. The molecule has 2 N–H and O–H groups in total. The van der Waals surface area contributed by atoms with Crippen LogP contribution in [-0.2, 0) is 24.3 Å². The maximum Gasteiger partial charge on any atom is 0.229 e. The van der Waals surface area contributed by atoms with Gasteiger partial charge in [-0.25, -0.2) is 4.98 Å². The molecule has 0 saturated heterocycles. The van der Waals surface area contributed by atoms with Gasteiger partial charge in [-0.15, -0.1) is 0 Å². The van der Waals surface area contributed by atoms with Crippen LogP contribution in [0.2, 0.25) is 0 Å². The van der Waals surface area contributed by atoms with Crippen LogP contribution < -0.4 is 5.32 Å². The molecule has 0 fully saturated rings. The normalized spacial score (nSPS) is 23.3. The van der Waals surface area contributed by atoms with E-state index >= 15 is 0 Å². The van der Waals surface area contributed by atoms with Gasteiger partial charge in [-0.2, -0.15) is 5.10 Å². The number of H-pyrrole nitrogens is 1. The summed E-state index contributed by atoms with van der Waals surface area (Å²) in [6.45, 7) is 5.49. The van der Waals surface area contributed by atoms with Crippen molar-refractivity contribution in [3.05, 3.63) is 35.2 Å². The van der Waals surface area contributed by atoms with Crippen molar-refractivity contribution < 1.29 is 4.79 Å². The maximum atomic E-state index is 13.2. The zero-order valence-electron chi connectivity index (χ0n) is 15.6. The Morgan fingerprint density at radius 3 is 2.96 bits per heavy atom. The highest BCUT2D eigenvalue weighted by molar-refractivity contribution is 5.83. The molecule has 1 amide bonds. The molecular formula is C20H27N5O. The van der Waals surface area contributed by atoms with Gasteiger partial charge < -0.3 is 10.2 Å². The van der Waals surface area contributed by atoms with Crippen LogP contribution in [0.3, 0.4) is 0 Å². The topological polar surface area (TPSA) is 73.9 Å². The Morgan fingerprint density at radius 1 is 1.23 bits per heavy atom. The zero-order chi connectivity index (χ0) is 18.1. The summed E-state index contributed by atoms with van der Waals surface area (Å²) in [5.41, 5.74) is 2.94. The number of aromatic nitrogens is 3. The summed E-state index contributed by atoms with van der Waals surface area (Å²) < 4.78 is 0. The minimum absolute atomic E-state index is 0.268. The summed E-state index contributed by atoms with van der Waals surface area (Å²) in [5.74, 6) is 1.87. The number of carbonyl (C=O) groups excluding carboxylic acids is 1. The van der Waals surface area contributed by atoms with Gasteiger partial charge in [0.05, 0.1) is 18.8 Å². The standard InChI is InChI=1S/C20H27N5O/c1-3-20(2)11-6-4-5-8-14-9-7-10-17(21-14)22-18-15-12-25(19(20)26)13-16(15)23-24-18/h7,9-10H,3-6,8,11-13H2,1-2H3,(H2,21,22,23,24). The zero-order valence-corrected chi connectivity index (χ0v) is 15.6. The van der Waals surface area contributed by atoms with Crippen LogP contribution in [0.1, 0.15) is 62.9 Å². The minimum Gasteiger partial charge on any atom is -0.332 e. The van der Waals surface area contributed by atoms with Crippen molar-refractivity contribution >= 4 is 17.5 Å². The van der Waals surface area contributed by atoms with E-state index in [2.05, 4.69) is 35.4 Å². The molecule has 0 radical (unpaired) electrons. The molecule has 0 aromatic carbocycles. The molecule has 6 nitrogen and oxygen atoms in total. The molecule has 0 spiro atoms. The molecular weight excluding hydrogens is 326 g/mol. The van der Waals surface area contributed by atoms with Crippen molar-refractivity contribution in [2.75, 3.05) is 5.32 Å². The van der Waals surface area contributed by atoms with Gasteiger partial charge in [0.2, 0.25) is 5.91 Å². The van der Waals surface area contributed by atoms with Crippen LogP contribution >= 0.6 is 0 Å². The lowest BCUT2D eigenvalue weighted by molar-refractivity contribution is -0.142. The van der Waals surface area contributed by atoms with Crippen molar-refractivity contribution in [2.24, 2.45) is 5.41 Å². The van der Waals surface area contributed by atoms with Crippen molar-refractivity contribution in [3.8, 4) is 0 Å². The number of fused-ring (bicyclic) bond motifs is 3. The van der Waals surface area contributed by atoms with Gasteiger partial charge in [0, 0.05) is 16.7 Å². The van der Waals surface area contributed by atoms with Crippen LogP contribution in [0.25, 0.3) is 0 Å². The van der Waals surface area contributed by atoms with Crippen LogP contribution in [0, 0.1) is 5.41 Å². The Bertz CT molecular complexity index is 814. The van der Waals surface area contributed by atoms with Crippen LogP contribution in [0.15, 0.2) is 18.2 Å². The predicted octanol–water partition coefficient (Wildman–Crippen LogP) is 3.92. The van der Waals surface area contributed by atoms with E-state index in [-0.39, 0.29) is 11.3 Å². The molecule has 2 aromatic heterocycles. The van der Waals surface area contributed by atoms with Crippen molar-refractivity contribution in [1.29, 1.82) is 0 Å². The molecule has 4 rings (SSSR count). The van der Waals surface area contributed by atoms with Crippen molar-refractivity contribution in [1.82, 2.24) is 20.1 Å². The molecule has 138 valence electrons. The number of hydrogen-bond donors (Lipinski definition) is 2. The van der Waals surface area contributed by atoms with Gasteiger partial charge in [0.25, 0.3) is 0 Å². The van der Waals surface area contributed by atoms with Crippen LogP contribution in [0.5, 0.6) is 0 Å². The molecule has 1 unspecified atom stereocenters. The SMILES string of the molecule is CCC1(C)CCCCCc2cccc(n2)Nc2n[nH]c3c2CN(C3)C1=O. The highest BCUT2D eigenvalue weighted by Gasteiger charge is 2.38. The average molecular weight is 353 g/mol. The number of nitrogens with zero attached hydrogens (tertiary/aromatic N) is 3. The van der Waals surface area contributed by atoms with Crippen LogP contribution in [-0.4, -0.2) is 26.0 Å². The van der Waals surface area contributed by atoms with E-state index in [1.807, 2.05) is 17.0 Å². The molecule has 26 heavy (non-hydrogen) atoms. The number of rotatable bonds is 1. The number of carbonyl (C=O) groups is 1. The quantitative estimate of drug-likeness (QED) is 0.815. The van der Waals surface area contributed by atoms with E-state index in [1.54, 1.807) is 0 Å². The fourth-order valence-corrected chi connectivity index (χ4v) is 4.01. The first-order chi connectivity index (χ1) is 12.6. The summed E-state index contributed by atoms with van der Waals surface area (Å²) in [7, 11) is 0. The van der Waals surface area contributed by atoms with E-state index in [0.717, 1.165) is 67.1 Å². The second kappa shape index (κ2) is 6.74. The summed E-state index contributed by atoms with van der Waals surface area (Å²) in [6, 6.07) is 6.09. The predicted molar refractivity (Wildman–Crippen MR) is 101 cm³/mol. The van der Waals surface area contributed by atoms with E-state index in [9.17, 15) is 4.79 Å². The molecule has 2 aliphatic rings. The Labute approximate surface area is 154 Å². The number of pyridine rings is 1. The first-order valence-electron chi connectivity index (χ1n) is 9.67. The van der Waals surface area contributed by atoms with Gasteiger partial charge >= 0.3 is 0 Å². The van der Waals surface area contributed by atoms with Gasteiger partial charge in [0.1, 0.15) is 5.82 Å². The Hall–Kier alpha value is -2.37.